The normalized spacial score (nSPS) is 11.0. The van der Waals surface area contributed by atoms with Gasteiger partial charge in [0.05, 0.1) is 11.8 Å². The van der Waals surface area contributed by atoms with Gasteiger partial charge in [0.2, 0.25) is 0 Å². The standard InChI is InChI=1S/C19H18N4O6S/c1-19(2,3)29-18(25)20-12-6-4-5-11(9-12)13-10-30-17(21-13)22-16(24)14-7-8-15(28-14)23(26)27/h4-10H,1-3H3,(H,20,25)(H,21,22,24). The van der Waals surface area contributed by atoms with Crippen LogP contribution in [-0.2, 0) is 4.74 Å². The molecule has 0 aliphatic rings. The molecule has 0 saturated carbocycles. The van der Waals surface area contributed by atoms with E-state index in [1.807, 2.05) is 0 Å². The number of amides is 2. The Hall–Kier alpha value is -3.73. The maximum absolute atomic E-state index is 12.2. The molecule has 0 spiro atoms. The van der Waals surface area contributed by atoms with Gasteiger partial charge < -0.3 is 9.15 Å². The molecule has 0 unspecified atom stereocenters. The average molecular weight is 430 g/mol. The monoisotopic (exact) mass is 430 g/mol. The molecule has 0 atom stereocenters. The van der Waals surface area contributed by atoms with Gasteiger partial charge in [0.25, 0.3) is 5.91 Å². The number of carbonyl (C=O) groups is 2. The van der Waals surface area contributed by atoms with Crippen molar-refractivity contribution in [2.45, 2.75) is 26.4 Å². The Labute approximate surface area is 175 Å². The lowest BCUT2D eigenvalue weighted by Crippen LogP contribution is -2.27. The van der Waals surface area contributed by atoms with Crippen LogP contribution in [0.5, 0.6) is 0 Å². The molecule has 1 aromatic carbocycles. The van der Waals surface area contributed by atoms with Gasteiger partial charge in [-0.25, -0.2) is 9.78 Å². The first kappa shape index (κ1) is 21.0. The summed E-state index contributed by atoms with van der Waals surface area (Å²) in [6, 6.07) is 9.31. The number of carbonyl (C=O) groups excluding carboxylic acids is 2. The van der Waals surface area contributed by atoms with Gasteiger partial charge in [-0.1, -0.05) is 12.1 Å². The quantitative estimate of drug-likeness (QED) is 0.433. The minimum Gasteiger partial charge on any atom is -0.444 e. The van der Waals surface area contributed by atoms with E-state index in [-0.39, 0.29) is 5.76 Å². The van der Waals surface area contributed by atoms with Gasteiger partial charge in [-0.2, -0.15) is 0 Å². The van der Waals surface area contributed by atoms with Crippen molar-refractivity contribution in [3.05, 3.63) is 57.7 Å². The topological polar surface area (TPSA) is 137 Å². The highest BCUT2D eigenvalue weighted by Crippen LogP contribution is 2.27. The van der Waals surface area contributed by atoms with Gasteiger partial charge in [-0.15, -0.1) is 11.3 Å². The number of aromatic nitrogens is 1. The van der Waals surface area contributed by atoms with Gasteiger partial charge in [-0.05, 0) is 39.0 Å². The molecule has 0 aliphatic carbocycles. The van der Waals surface area contributed by atoms with Crippen molar-refractivity contribution in [1.82, 2.24) is 4.98 Å². The summed E-state index contributed by atoms with van der Waals surface area (Å²) < 4.78 is 10.1. The Balaban J connectivity index is 1.69. The summed E-state index contributed by atoms with van der Waals surface area (Å²) in [5, 5.41) is 17.9. The highest BCUT2D eigenvalue weighted by atomic mass is 32.1. The summed E-state index contributed by atoms with van der Waals surface area (Å²) >= 11 is 1.18. The Kier molecular flexibility index (Phi) is 5.83. The molecule has 0 saturated heterocycles. The maximum Gasteiger partial charge on any atom is 0.433 e. The molecule has 3 rings (SSSR count). The van der Waals surface area contributed by atoms with Crippen molar-refractivity contribution >= 4 is 40.0 Å². The van der Waals surface area contributed by atoms with Gasteiger partial charge in [0.1, 0.15) is 10.5 Å². The van der Waals surface area contributed by atoms with Gasteiger partial charge in [-0.3, -0.25) is 25.5 Å². The Bertz CT molecular complexity index is 1100. The Morgan fingerprint density at radius 1 is 1.20 bits per heavy atom. The van der Waals surface area contributed by atoms with Crippen molar-refractivity contribution in [3.63, 3.8) is 0 Å². The van der Waals surface area contributed by atoms with Crippen LogP contribution in [0.25, 0.3) is 11.3 Å². The fourth-order valence-corrected chi connectivity index (χ4v) is 3.06. The van der Waals surface area contributed by atoms with Crippen LogP contribution < -0.4 is 10.6 Å². The Morgan fingerprint density at radius 3 is 2.63 bits per heavy atom. The molecule has 10 nitrogen and oxygen atoms in total. The van der Waals surface area contributed by atoms with Gasteiger partial charge in [0, 0.05) is 16.6 Å². The summed E-state index contributed by atoms with van der Waals surface area (Å²) in [7, 11) is 0. The molecule has 2 amide bonds. The molecule has 30 heavy (non-hydrogen) atoms. The number of ether oxygens (including phenoxy) is 1. The minimum absolute atomic E-state index is 0.193. The smallest absolute Gasteiger partial charge is 0.433 e. The largest absolute Gasteiger partial charge is 0.444 e. The third-order valence-electron chi connectivity index (χ3n) is 3.52. The zero-order chi connectivity index (χ0) is 21.9. The highest BCUT2D eigenvalue weighted by molar-refractivity contribution is 7.14. The lowest BCUT2D eigenvalue weighted by Gasteiger charge is -2.19. The first-order chi connectivity index (χ1) is 14.1. The molecule has 0 aliphatic heterocycles. The van der Waals surface area contributed by atoms with E-state index in [0.29, 0.717) is 22.1 Å². The van der Waals surface area contributed by atoms with Crippen LogP contribution in [0, 0.1) is 10.1 Å². The molecule has 156 valence electrons. The third kappa shape index (κ3) is 5.41. The molecule has 0 bridgehead atoms. The number of nitro groups is 1. The first-order valence-corrected chi connectivity index (χ1v) is 9.60. The van der Waals surface area contributed by atoms with Crippen LogP contribution in [-0.4, -0.2) is 27.5 Å². The number of nitrogens with zero attached hydrogens (tertiary/aromatic N) is 2. The highest BCUT2D eigenvalue weighted by Gasteiger charge is 2.19. The van der Waals surface area contributed by atoms with Crippen LogP contribution in [0.15, 0.2) is 46.2 Å². The van der Waals surface area contributed by atoms with E-state index in [4.69, 9.17) is 9.15 Å². The van der Waals surface area contributed by atoms with E-state index in [9.17, 15) is 19.7 Å². The molecular formula is C19H18N4O6S. The molecule has 2 aromatic heterocycles. The van der Waals surface area contributed by atoms with Crippen molar-refractivity contribution in [3.8, 4) is 11.3 Å². The van der Waals surface area contributed by atoms with Crippen LogP contribution in [0.4, 0.5) is 21.5 Å². The third-order valence-corrected chi connectivity index (χ3v) is 4.28. The first-order valence-electron chi connectivity index (χ1n) is 8.72. The van der Waals surface area contributed by atoms with E-state index in [1.54, 1.807) is 50.4 Å². The molecule has 0 radical (unpaired) electrons. The second-order valence-corrected chi connectivity index (χ2v) is 7.95. The minimum atomic E-state index is -0.726. The summed E-state index contributed by atoms with van der Waals surface area (Å²) in [5.74, 6) is -1.36. The molecule has 11 heteroatoms. The zero-order valence-corrected chi connectivity index (χ0v) is 17.1. The van der Waals surface area contributed by atoms with Crippen LogP contribution >= 0.6 is 11.3 Å². The predicted molar refractivity (Wildman–Crippen MR) is 111 cm³/mol. The van der Waals surface area contributed by atoms with E-state index in [2.05, 4.69) is 15.6 Å². The van der Waals surface area contributed by atoms with Crippen molar-refractivity contribution in [2.75, 3.05) is 10.6 Å². The van der Waals surface area contributed by atoms with E-state index in [1.165, 1.54) is 17.4 Å². The summed E-state index contributed by atoms with van der Waals surface area (Å²) in [4.78, 5) is 38.4. The number of thiazole rings is 1. The molecule has 2 N–H and O–H groups in total. The molecular weight excluding hydrogens is 412 g/mol. The number of hydrogen-bond acceptors (Lipinski definition) is 8. The number of anilines is 2. The molecule has 0 fully saturated rings. The van der Waals surface area contributed by atoms with Crippen molar-refractivity contribution in [2.24, 2.45) is 0 Å². The Morgan fingerprint density at radius 2 is 1.97 bits per heavy atom. The van der Waals surface area contributed by atoms with E-state index < -0.39 is 28.4 Å². The van der Waals surface area contributed by atoms with Crippen LogP contribution in [0.2, 0.25) is 0 Å². The lowest BCUT2D eigenvalue weighted by molar-refractivity contribution is -0.402. The number of furan rings is 1. The number of rotatable bonds is 5. The second kappa shape index (κ2) is 8.33. The van der Waals surface area contributed by atoms with Crippen LogP contribution in [0.1, 0.15) is 31.3 Å². The van der Waals surface area contributed by atoms with Crippen molar-refractivity contribution < 1.29 is 23.7 Å². The zero-order valence-electron chi connectivity index (χ0n) is 16.3. The summed E-state index contributed by atoms with van der Waals surface area (Å²) in [5.41, 5.74) is 1.21. The molecule has 2 heterocycles. The average Bonchev–Trinajstić information content (AvgIpc) is 3.30. The SMILES string of the molecule is CC(C)(C)OC(=O)Nc1cccc(-c2csc(NC(=O)c3ccc([N+](=O)[O-])o3)n2)c1. The fourth-order valence-electron chi connectivity index (χ4n) is 2.35. The van der Waals surface area contributed by atoms with Crippen molar-refractivity contribution in [1.29, 1.82) is 0 Å². The van der Waals surface area contributed by atoms with E-state index in [0.717, 1.165) is 6.07 Å². The maximum atomic E-state index is 12.2. The molecule has 3 aromatic rings. The number of hydrogen-bond donors (Lipinski definition) is 2. The number of benzene rings is 1. The lowest BCUT2D eigenvalue weighted by atomic mass is 10.1. The summed E-state index contributed by atoms with van der Waals surface area (Å²) in [6.07, 6.45) is -0.571. The summed E-state index contributed by atoms with van der Waals surface area (Å²) in [6.45, 7) is 5.32. The predicted octanol–water partition coefficient (Wildman–Crippen LogP) is 4.91. The fraction of sp³-hybridized carbons (Fsp3) is 0.211. The van der Waals surface area contributed by atoms with Crippen LogP contribution in [0.3, 0.4) is 0 Å². The van der Waals surface area contributed by atoms with Gasteiger partial charge in [0.15, 0.2) is 10.9 Å². The number of nitrogens with one attached hydrogen (secondary N) is 2. The van der Waals surface area contributed by atoms with E-state index >= 15 is 0 Å². The van der Waals surface area contributed by atoms with Gasteiger partial charge >= 0.3 is 12.0 Å². The second-order valence-electron chi connectivity index (χ2n) is 7.09.